The first-order valence-electron chi connectivity index (χ1n) is 4.29. The monoisotopic (exact) mass is 237 g/mol. The van der Waals surface area contributed by atoms with E-state index in [1.165, 1.54) is 0 Å². The molecule has 1 unspecified atom stereocenters. The van der Waals surface area contributed by atoms with Gasteiger partial charge in [0, 0.05) is 12.1 Å². The van der Waals surface area contributed by atoms with E-state index in [-0.39, 0.29) is 0 Å². The topological polar surface area (TPSA) is 86.7 Å². The van der Waals surface area contributed by atoms with Crippen LogP contribution in [0.25, 0.3) is 0 Å². The van der Waals surface area contributed by atoms with Crippen molar-refractivity contribution in [3.8, 4) is 17.2 Å². The molecule has 0 radical (unpaired) electrons. The lowest BCUT2D eigenvalue weighted by atomic mass is 9.97. The van der Waals surface area contributed by atoms with Gasteiger partial charge < -0.3 is 21.1 Å². The molecule has 0 heterocycles. The zero-order valence-electron chi connectivity index (χ0n) is 7.99. The molecule has 4 nitrogen and oxygen atoms in total. The summed E-state index contributed by atoms with van der Waals surface area (Å²) in [4.78, 5) is 0. The second kappa shape index (κ2) is 4.09. The molecule has 0 saturated carbocycles. The summed E-state index contributed by atoms with van der Waals surface area (Å²) in [6.07, 6.45) is -4.63. The minimum absolute atomic E-state index is 0.565. The van der Waals surface area contributed by atoms with Gasteiger partial charge in [-0.25, -0.2) is 0 Å². The summed E-state index contributed by atoms with van der Waals surface area (Å²) < 4.78 is 37.4. The molecule has 5 N–H and O–H groups in total. The van der Waals surface area contributed by atoms with E-state index >= 15 is 0 Å². The summed E-state index contributed by atoms with van der Waals surface area (Å²) in [5.41, 5.74) is 4.41. The Bertz CT molecular complexity index is 392. The highest BCUT2D eigenvalue weighted by atomic mass is 19.4. The van der Waals surface area contributed by atoms with E-state index < -0.39 is 41.5 Å². The highest BCUT2D eigenvalue weighted by molar-refractivity contribution is 5.54. The number of phenolic OH excluding ortho intramolecular Hbond substituents is 3. The van der Waals surface area contributed by atoms with Crippen LogP contribution in [0, 0.1) is 0 Å². The molecule has 0 saturated heterocycles. The molecule has 0 spiro atoms. The Morgan fingerprint density at radius 2 is 1.69 bits per heavy atom. The van der Waals surface area contributed by atoms with Crippen LogP contribution in [0.5, 0.6) is 17.2 Å². The molecule has 1 atom stereocenters. The molecule has 90 valence electrons. The number of hydrogen-bond donors (Lipinski definition) is 4. The third-order valence-electron chi connectivity index (χ3n) is 2.17. The van der Waals surface area contributed by atoms with Crippen LogP contribution in [0.2, 0.25) is 0 Å². The van der Waals surface area contributed by atoms with Crippen LogP contribution in [-0.4, -0.2) is 28.0 Å². The Labute approximate surface area is 88.7 Å². The fourth-order valence-electron chi connectivity index (χ4n) is 1.30. The van der Waals surface area contributed by atoms with Gasteiger partial charge in [-0.1, -0.05) is 6.07 Å². The molecule has 0 aromatic heterocycles. The number of nitrogens with two attached hydrogens (primary N) is 1. The molecular formula is C9H10F3NO3. The number of aromatic hydroxyl groups is 3. The van der Waals surface area contributed by atoms with Crippen molar-refractivity contribution in [2.45, 2.75) is 12.1 Å². The summed E-state index contributed by atoms with van der Waals surface area (Å²) in [7, 11) is 0. The minimum Gasteiger partial charge on any atom is -0.504 e. The normalized spacial score (nSPS) is 13.8. The van der Waals surface area contributed by atoms with E-state index in [2.05, 4.69) is 0 Å². The summed E-state index contributed by atoms with van der Waals surface area (Å²) in [5.74, 6) is -4.77. The maximum Gasteiger partial charge on any atom is 0.397 e. The number of phenols is 3. The summed E-state index contributed by atoms with van der Waals surface area (Å²) in [5, 5.41) is 27.3. The number of hydrogen-bond acceptors (Lipinski definition) is 4. The molecule has 0 fully saturated rings. The smallest absolute Gasteiger partial charge is 0.397 e. The van der Waals surface area contributed by atoms with Crippen molar-refractivity contribution in [1.29, 1.82) is 0 Å². The summed E-state index contributed by atoms with van der Waals surface area (Å²) in [6.45, 7) is -0.763. The molecule has 0 amide bonds. The summed E-state index contributed by atoms with van der Waals surface area (Å²) in [6, 6.07) is 1.73. The van der Waals surface area contributed by atoms with Gasteiger partial charge in [0.1, 0.15) is 0 Å². The molecule has 0 bridgehead atoms. The van der Waals surface area contributed by atoms with Gasteiger partial charge >= 0.3 is 6.18 Å². The van der Waals surface area contributed by atoms with E-state index in [1.807, 2.05) is 0 Å². The van der Waals surface area contributed by atoms with Crippen LogP contribution in [0.1, 0.15) is 11.5 Å². The van der Waals surface area contributed by atoms with Crippen LogP contribution >= 0.6 is 0 Å². The SMILES string of the molecule is NCC(c1ccc(O)c(O)c1O)C(F)(F)F. The van der Waals surface area contributed by atoms with Gasteiger partial charge in [0.2, 0.25) is 5.75 Å². The molecule has 0 aliphatic rings. The molecule has 7 heteroatoms. The van der Waals surface area contributed by atoms with Crippen LogP contribution in [0.3, 0.4) is 0 Å². The lowest BCUT2D eigenvalue weighted by Crippen LogP contribution is -2.28. The van der Waals surface area contributed by atoms with E-state index in [0.29, 0.717) is 0 Å². The van der Waals surface area contributed by atoms with Gasteiger partial charge in [-0.15, -0.1) is 0 Å². The van der Waals surface area contributed by atoms with Crippen LogP contribution < -0.4 is 5.73 Å². The van der Waals surface area contributed by atoms with Crippen LogP contribution in [-0.2, 0) is 0 Å². The molecule has 16 heavy (non-hydrogen) atoms. The highest BCUT2D eigenvalue weighted by Gasteiger charge is 2.41. The standard InChI is InChI=1S/C9H10F3NO3/c10-9(11,12)5(3-13)4-1-2-6(14)8(16)7(4)15/h1-2,5,14-16H,3,13H2. The molecule has 0 aliphatic heterocycles. The fraction of sp³-hybridized carbons (Fsp3) is 0.333. The largest absolute Gasteiger partial charge is 0.504 e. The Hall–Kier alpha value is -1.63. The molecule has 0 aliphatic carbocycles. The highest BCUT2D eigenvalue weighted by Crippen LogP contribution is 2.44. The number of halogens is 3. The van der Waals surface area contributed by atoms with E-state index in [1.54, 1.807) is 0 Å². The van der Waals surface area contributed by atoms with Crippen LogP contribution in [0.15, 0.2) is 12.1 Å². The average molecular weight is 237 g/mol. The Morgan fingerprint density at radius 1 is 1.12 bits per heavy atom. The van der Waals surface area contributed by atoms with Crippen molar-refractivity contribution in [1.82, 2.24) is 0 Å². The van der Waals surface area contributed by atoms with Gasteiger partial charge in [0.25, 0.3) is 0 Å². The first-order chi connectivity index (χ1) is 7.29. The van der Waals surface area contributed by atoms with Crippen molar-refractivity contribution in [3.63, 3.8) is 0 Å². The second-order valence-corrected chi connectivity index (χ2v) is 3.20. The Balaban J connectivity index is 3.27. The van der Waals surface area contributed by atoms with Crippen molar-refractivity contribution in [2.24, 2.45) is 5.73 Å². The van der Waals surface area contributed by atoms with Gasteiger partial charge in [-0.05, 0) is 6.07 Å². The molecule has 1 aromatic rings. The van der Waals surface area contributed by atoms with Crippen molar-refractivity contribution in [3.05, 3.63) is 17.7 Å². The Kier molecular flexibility index (Phi) is 3.18. The molecule has 1 rings (SSSR count). The van der Waals surface area contributed by atoms with Gasteiger partial charge in [-0.3, -0.25) is 0 Å². The van der Waals surface area contributed by atoms with Gasteiger partial charge in [0.15, 0.2) is 11.5 Å². The first kappa shape index (κ1) is 12.4. The maximum atomic E-state index is 12.5. The first-order valence-corrected chi connectivity index (χ1v) is 4.29. The van der Waals surface area contributed by atoms with Crippen molar-refractivity contribution in [2.75, 3.05) is 6.54 Å². The number of rotatable bonds is 2. The fourth-order valence-corrected chi connectivity index (χ4v) is 1.30. The summed E-state index contributed by atoms with van der Waals surface area (Å²) >= 11 is 0. The quantitative estimate of drug-likeness (QED) is 0.586. The predicted octanol–water partition coefficient (Wildman–Crippen LogP) is 1.41. The predicted molar refractivity (Wildman–Crippen MR) is 49.3 cm³/mol. The van der Waals surface area contributed by atoms with E-state index in [4.69, 9.17) is 15.9 Å². The lowest BCUT2D eigenvalue weighted by Gasteiger charge is -2.20. The van der Waals surface area contributed by atoms with Gasteiger partial charge in [-0.2, -0.15) is 13.2 Å². The third-order valence-corrected chi connectivity index (χ3v) is 2.17. The average Bonchev–Trinajstić information content (AvgIpc) is 2.17. The number of alkyl halides is 3. The lowest BCUT2D eigenvalue weighted by molar-refractivity contribution is -0.148. The number of benzene rings is 1. The third kappa shape index (κ3) is 2.13. The molecule has 1 aromatic carbocycles. The Morgan fingerprint density at radius 3 is 2.12 bits per heavy atom. The van der Waals surface area contributed by atoms with Crippen molar-refractivity contribution >= 4 is 0 Å². The van der Waals surface area contributed by atoms with Gasteiger partial charge in [0.05, 0.1) is 5.92 Å². The van der Waals surface area contributed by atoms with Crippen LogP contribution in [0.4, 0.5) is 13.2 Å². The zero-order chi connectivity index (χ0) is 12.5. The van der Waals surface area contributed by atoms with Crippen molar-refractivity contribution < 1.29 is 28.5 Å². The molecular weight excluding hydrogens is 227 g/mol. The maximum absolute atomic E-state index is 12.5. The zero-order valence-corrected chi connectivity index (χ0v) is 7.99. The van der Waals surface area contributed by atoms with E-state index in [0.717, 1.165) is 12.1 Å². The van der Waals surface area contributed by atoms with E-state index in [9.17, 15) is 18.3 Å². The minimum atomic E-state index is -4.63. The second-order valence-electron chi connectivity index (χ2n) is 3.20.